The minimum absolute atomic E-state index is 0.316. The molecule has 0 aliphatic rings. The van der Waals surface area contributed by atoms with Crippen LogP contribution in [-0.4, -0.2) is 16.2 Å². The van der Waals surface area contributed by atoms with Crippen molar-refractivity contribution in [2.45, 2.75) is 0 Å². The van der Waals surface area contributed by atoms with Gasteiger partial charge in [0.25, 0.3) is 0 Å². The highest BCUT2D eigenvalue weighted by Crippen LogP contribution is 2.22. The Morgan fingerprint density at radius 3 is 2.68 bits per heavy atom. The van der Waals surface area contributed by atoms with E-state index in [-0.39, 0.29) is 6.03 Å². The molecule has 5 nitrogen and oxygen atoms in total. The molecule has 0 spiro atoms. The lowest BCUT2D eigenvalue weighted by Crippen LogP contribution is -2.19. The third kappa shape index (κ3) is 2.40. The molecule has 0 aliphatic carbocycles. The van der Waals surface area contributed by atoms with Gasteiger partial charge in [-0.1, -0.05) is 36.4 Å². The lowest BCUT2D eigenvalue weighted by molar-refractivity contribution is 0.262. The van der Waals surface area contributed by atoms with Crippen molar-refractivity contribution in [1.82, 2.24) is 10.2 Å². The van der Waals surface area contributed by atoms with E-state index in [2.05, 4.69) is 20.8 Å². The van der Waals surface area contributed by atoms with Gasteiger partial charge < -0.3 is 5.32 Å². The van der Waals surface area contributed by atoms with E-state index in [4.69, 9.17) is 0 Å². The average Bonchev–Trinajstić information content (AvgIpc) is 2.92. The summed E-state index contributed by atoms with van der Waals surface area (Å²) in [6, 6.07) is 15.0. The number of fused-ring (bicyclic) bond motifs is 1. The predicted octanol–water partition coefficient (Wildman–Crippen LogP) is 3.21. The van der Waals surface area contributed by atoms with Crippen LogP contribution in [0.15, 0.2) is 54.7 Å². The summed E-state index contributed by atoms with van der Waals surface area (Å²) in [4.78, 5) is 11.8. The van der Waals surface area contributed by atoms with Crippen LogP contribution in [0, 0.1) is 0 Å². The van der Waals surface area contributed by atoms with Crippen molar-refractivity contribution in [2.24, 2.45) is 0 Å². The zero-order valence-corrected chi connectivity index (χ0v) is 10.1. The van der Waals surface area contributed by atoms with Crippen LogP contribution in [0.4, 0.5) is 16.3 Å². The normalized spacial score (nSPS) is 10.3. The van der Waals surface area contributed by atoms with Gasteiger partial charge in [-0.2, -0.15) is 5.10 Å². The molecule has 0 unspecified atom stereocenters. The average molecular weight is 252 g/mol. The number of carbonyl (C=O) groups excluding carboxylic acids is 1. The van der Waals surface area contributed by atoms with Gasteiger partial charge in [-0.3, -0.25) is 10.4 Å². The van der Waals surface area contributed by atoms with Crippen molar-refractivity contribution in [2.75, 3.05) is 10.6 Å². The number of hydrogen-bond donors (Lipinski definition) is 3. The Balaban J connectivity index is 1.83. The minimum Gasteiger partial charge on any atom is -0.307 e. The maximum atomic E-state index is 11.8. The molecule has 0 fully saturated rings. The molecule has 94 valence electrons. The number of amides is 2. The van der Waals surface area contributed by atoms with Crippen molar-refractivity contribution in [1.29, 1.82) is 0 Å². The van der Waals surface area contributed by atoms with E-state index < -0.39 is 0 Å². The summed E-state index contributed by atoms with van der Waals surface area (Å²) in [5.74, 6) is 0.484. The number of benzene rings is 2. The molecule has 0 radical (unpaired) electrons. The van der Waals surface area contributed by atoms with Crippen molar-refractivity contribution < 1.29 is 4.79 Å². The van der Waals surface area contributed by atoms with Crippen LogP contribution in [0.5, 0.6) is 0 Å². The molecule has 0 saturated heterocycles. The summed E-state index contributed by atoms with van der Waals surface area (Å²) < 4.78 is 0. The highest BCUT2D eigenvalue weighted by molar-refractivity contribution is 6.05. The number of aromatic amines is 1. The van der Waals surface area contributed by atoms with E-state index in [1.165, 1.54) is 0 Å². The molecule has 2 amide bonds. The number of hydrogen-bond acceptors (Lipinski definition) is 2. The number of nitrogens with zero attached hydrogens (tertiary/aromatic N) is 1. The third-order valence-corrected chi connectivity index (χ3v) is 2.78. The Morgan fingerprint density at radius 2 is 1.84 bits per heavy atom. The topological polar surface area (TPSA) is 69.8 Å². The van der Waals surface area contributed by atoms with Gasteiger partial charge in [0.05, 0.1) is 5.69 Å². The summed E-state index contributed by atoms with van der Waals surface area (Å²) in [5, 5.41) is 14.0. The number of rotatable bonds is 2. The fourth-order valence-electron chi connectivity index (χ4n) is 1.93. The number of anilines is 2. The fraction of sp³-hybridized carbons (Fsp3) is 0. The first-order chi connectivity index (χ1) is 9.33. The largest absolute Gasteiger partial charge is 0.324 e. The standard InChI is InChI=1S/C14H12N4O/c19-14(17-13-8-9-15-18-13)16-12-7-3-5-10-4-1-2-6-11(10)12/h1-9H,(H3,15,16,17,18,19). The molecule has 19 heavy (non-hydrogen) atoms. The Morgan fingerprint density at radius 1 is 1.00 bits per heavy atom. The molecule has 1 heterocycles. The first kappa shape index (κ1) is 11.3. The SMILES string of the molecule is O=C(Nc1cc[nH]n1)Nc1cccc2ccccc12. The molecule has 5 heteroatoms. The van der Waals surface area contributed by atoms with Crippen molar-refractivity contribution in [3.05, 3.63) is 54.7 Å². The highest BCUT2D eigenvalue weighted by Gasteiger charge is 2.06. The van der Waals surface area contributed by atoms with Gasteiger partial charge in [0, 0.05) is 17.6 Å². The molecule has 0 aliphatic heterocycles. The van der Waals surface area contributed by atoms with Crippen molar-refractivity contribution in [3.8, 4) is 0 Å². The minimum atomic E-state index is -0.316. The molecule has 0 saturated carbocycles. The summed E-state index contributed by atoms with van der Waals surface area (Å²) in [6.45, 7) is 0. The van der Waals surface area contributed by atoms with Gasteiger partial charge in [-0.25, -0.2) is 4.79 Å². The number of nitrogens with one attached hydrogen (secondary N) is 3. The van der Waals surface area contributed by atoms with Crippen molar-refractivity contribution >= 4 is 28.3 Å². The van der Waals surface area contributed by atoms with Crippen LogP contribution in [0.1, 0.15) is 0 Å². The number of carbonyl (C=O) groups is 1. The predicted molar refractivity (Wildman–Crippen MR) is 75.2 cm³/mol. The quantitative estimate of drug-likeness (QED) is 0.655. The second-order valence-corrected chi connectivity index (χ2v) is 4.07. The molecule has 1 aromatic heterocycles. The number of aromatic nitrogens is 2. The summed E-state index contributed by atoms with van der Waals surface area (Å²) in [5.41, 5.74) is 0.770. The van der Waals surface area contributed by atoms with Gasteiger partial charge in [0.2, 0.25) is 0 Å². The molecule has 3 N–H and O–H groups in total. The smallest absolute Gasteiger partial charge is 0.307 e. The Bertz CT molecular complexity index is 701. The second kappa shape index (κ2) is 4.81. The Hall–Kier alpha value is -2.82. The monoisotopic (exact) mass is 252 g/mol. The molecular formula is C14H12N4O. The summed E-state index contributed by atoms with van der Waals surface area (Å²) in [6.07, 6.45) is 1.65. The maximum absolute atomic E-state index is 11.8. The van der Waals surface area contributed by atoms with Crippen LogP contribution in [0.25, 0.3) is 10.8 Å². The highest BCUT2D eigenvalue weighted by atomic mass is 16.2. The van der Waals surface area contributed by atoms with E-state index in [9.17, 15) is 4.79 Å². The van der Waals surface area contributed by atoms with E-state index in [0.29, 0.717) is 5.82 Å². The zero-order valence-electron chi connectivity index (χ0n) is 10.1. The third-order valence-electron chi connectivity index (χ3n) is 2.78. The van der Waals surface area contributed by atoms with Crippen molar-refractivity contribution in [3.63, 3.8) is 0 Å². The van der Waals surface area contributed by atoms with Crippen LogP contribution in [-0.2, 0) is 0 Å². The molecule has 0 atom stereocenters. The molecule has 2 aromatic carbocycles. The molecular weight excluding hydrogens is 240 g/mol. The number of urea groups is 1. The van der Waals surface area contributed by atoms with Gasteiger partial charge >= 0.3 is 6.03 Å². The first-order valence-corrected chi connectivity index (χ1v) is 5.88. The molecule has 3 aromatic rings. The first-order valence-electron chi connectivity index (χ1n) is 5.88. The van der Waals surface area contributed by atoms with Gasteiger partial charge in [-0.15, -0.1) is 0 Å². The molecule has 0 bridgehead atoms. The van der Waals surface area contributed by atoms with Gasteiger partial charge in [-0.05, 0) is 11.5 Å². The van der Waals surface area contributed by atoms with Crippen LogP contribution in [0.3, 0.4) is 0 Å². The van der Waals surface area contributed by atoms with E-state index in [1.54, 1.807) is 12.3 Å². The Labute approximate surface area is 109 Å². The lowest BCUT2D eigenvalue weighted by Gasteiger charge is -2.08. The van der Waals surface area contributed by atoms with Gasteiger partial charge in [0.1, 0.15) is 0 Å². The maximum Gasteiger partial charge on any atom is 0.324 e. The zero-order chi connectivity index (χ0) is 13.1. The van der Waals surface area contributed by atoms with Crippen LogP contribution < -0.4 is 10.6 Å². The second-order valence-electron chi connectivity index (χ2n) is 4.07. The van der Waals surface area contributed by atoms with E-state index in [0.717, 1.165) is 16.5 Å². The summed E-state index contributed by atoms with van der Waals surface area (Å²) in [7, 11) is 0. The number of H-pyrrole nitrogens is 1. The van der Waals surface area contributed by atoms with Crippen LogP contribution in [0.2, 0.25) is 0 Å². The molecule has 3 rings (SSSR count). The summed E-state index contributed by atoms with van der Waals surface area (Å²) >= 11 is 0. The van der Waals surface area contributed by atoms with E-state index in [1.807, 2.05) is 42.5 Å². The lowest BCUT2D eigenvalue weighted by atomic mass is 10.1. The van der Waals surface area contributed by atoms with Gasteiger partial charge in [0.15, 0.2) is 5.82 Å². The van der Waals surface area contributed by atoms with Crippen LogP contribution >= 0.6 is 0 Å². The van der Waals surface area contributed by atoms with E-state index >= 15 is 0 Å². The Kier molecular flexibility index (Phi) is 2.86. The fourth-order valence-corrected chi connectivity index (χ4v) is 1.93.